The zero-order valence-electron chi connectivity index (χ0n) is 11.2. The lowest BCUT2D eigenvalue weighted by Gasteiger charge is -2.30. The van der Waals surface area contributed by atoms with E-state index >= 15 is 0 Å². The van der Waals surface area contributed by atoms with Crippen LogP contribution >= 0.6 is 0 Å². The number of rotatable bonds is 6. The van der Waals surface area contributed by atoms with E-state index in [4.69, 9.17) is 9.47 Å². The van der Waals surface area contributed by atoms with Gasteiger partial charge in [-0.05, 0) is 39.5 Å². The van der Waals surface area contributed by atoms with Crippen LogP contribution in [0, 0.1) is 5.92 Å². The van der Waals surface area contributed by atoms with Gasteiger partial charge in [-0.1, -0.05) is 0 Å². The minimum atomic E-state index is -0.119. The van der Waals surface area contributed by atoms with E-state index in [9.17, 15) is 4.79 Å². The van der Waals surface area contributed by atoms with Crippen LogP contribution in [-0.2, 0) is 14.3 Å². The van der Waals surface area contributed by atoms with Gasteiger partial charge in [0.25, 0.3) is 0 Å². The summed E-state index contributed by atoms with van der Waals surface area (Å²) in [7, 11) is 0. The Balaban J connectivity index is 2.24. The third-order valence-corrected chi connectivity index (χ3v) is 3.30. The molecule has 2 unspecified atom stereocenters. The van der Waals surface area contributed by atoms with Crippen LogP contribution < -0.4 is 5.32 Å². The average Bonchev–Trinajstić information content (AvgIpc) is 2.30. The van der Waals surface area contributed by atoms with Crippen molar-refractivity contribution >= 4 is 5.97 Å². The molecule has 1 aliphatic rings. The highest BCUT2D eigenvalue weighted by Crippen LogP contribution is 2.19. The third-order valence-electron chi connectivity index (χ3n) is 3.30. The van der Waals surface area contributed by atoms with Crippen molar-refractivity contribution in [2.45, 2.75) is 52.1 Å². The first-order valence-corrected chi connectivity index (χ1v) is 6.63. The first kappa shape index (κ1) is 14.5. The largest absolute Gasteiger partial charge is 0.466 e. The molecule has 0 aromatic heterocycles. The minimum Gasteiger partial charge on any atom is -0.466 e. The summed E-state index contributed by atoms with van der Waals surface area (Å²) in [5.41, 5.74) is 0. The Hall–Kier alpha value is -0.610. The lowest BCUT2D eigenvalue weighted by atomic mass is 9.92. The van der Waals surface area contributed by atoms with Gasteiger partial charge in [0, 0.05) is 25.3 Å². The molecule has 1 rings (SSSR count). The summed E-state index contributed by atoms with van der Waals surface area (Å²) in [4.78, 5) is 11.3. The molecule has 4 nitrogen and oxygen atoms in total. The molecule has 0 saturated carbocycles. The van der Waals surface area contributed by atoms with Gasteiger partial charge >= 0.3 is 5.97 Å². The second-order valence-electron chi connectivity index (χ2n) is 4.82. The van der Waals surface area contributed by atoms with E-state index in [1.54, 1.807) is 0 Å². The van der Waals surface area contributed by atoms with E-state index in [1.165, 1.54) is 0 Å². The van der Waals surface area contributed by atoms with E-state index in [0.29, 0.717) is 25.0 Å². The molecule has 1 saturated heterocycles. The Morgan fingerprint density at radius 2 is 2.06 bits per heavy atom. The van der Waals surface area contributed by atoms with Gasteiger partial charge in [-0.25, -0.2) is 0 Å². The Labute approximate surface area is 104 Å². The molecule has 2 atom stereocenters. The van der Waals surface area contributed by atoms with E-state index in [1.807, 2.05) is 13.8 Å². The normalized spacial score (nSPS) is 20.9. The van der Waals surface area contributed by atoms with Crippen molar-refractivity contribution in [3.8, 4) is 0 Å². The zero-order chi connectivity index (χ0) is 12.7. The molecule has 0 aromatic carbocycles. The molecule has 0 spiro atoms. The number of hydrogen-bond donors (Lipinski definition) is 1. The van der Waals surface area contributed by atoms with Crippen LogP contribution in [0.4, 0.5) is 0 Å². The molecular formula is C13H25NO3. The summed E-state index contributed by atoms with van der Waals surface area (Å²) in [6.07, 6.45) is 2.67. The number of nitrogens with one attached hydrogen (secondary N) is 1. The summed E-state index contributed by atoms with van der Waals surface area (Å²) < 4.78 is 10.3. The van der Waals surface area contributed by atoms with Crippen LogP contribution in [0.15, 0.2) is 0 Å². The molecule has 0 aliphatic carbocycles. The van der Waals surface area contributed by atoms with Crippen LogP contribution in [0.2, 0.25) is 0 Å². The topological polar surface area (TPSA) is 47.6 Å². The van der Waals surface area contributed by atoms with E-state index < -0.39 is 0 Å². The van der Waals surface area contributed by atoms with Gasteiger partial charge in [-0.2, -0.15) is 0 Å². The maximum atomic E-state index is 11.3. The maximum absolute atomic E-state index is 11.3. The van der Waals surface area contributed by atoms with Gasteiger partial charge in [0.15, 0.2) is 0 Å². The SMILES string of the molecule is CCOC(=O)CC(C)NC(C)C1CCOCC1. The van der Waals surface area contributed by atoms with Crippen LogP contribution in [-0.4, -0.2) is 37.9 Å². The lowest BCUT2D eigenvalue weighted by Crippen LogP contribution is -2.42. The molecule has 17 heavy (non-hydrogen) atoms. The highest BCUT2D eigenvalue weighted by atomic mass is 16.5. The van der Waals surface area contributed by atoms with Crippen molar-refractivity contribution in [1.29, 1.82) is 0 Å². The van der Waals surface area contributed by atoms with Crippen molar-refractivity contribution in [3.05, 3.63) is 0 Å². The molecule has 1 aliphatic heterocycles. The quantitative estimate of drug-likeness (QED) is 0.722. The van der Waals surface area contributed by atoms with Crippen molar-refractivity contribution in [2.75, 3.05) is 19.8 Å². The van der Waals surface area contributed by atoms with E-state index in [-0.39, 0.29) is 12.0 Å². The summed E-state index contributed by atoms with van der Waals surface area (Å²) in [5, 5.41) is 3.48. The van der Waals surface area contributed by atoms with Crippen molar-refractivity contribution in [1.82, 2.24) is 5.32 Å². The van der Waals surface area contributed by atoms with Gasteiger partial charge in [0.1, 0.15) is 0 Å². The van der Waals surface area contributed by atoms with Gasteiger partial charge in [-0.15, -0.1) is 0 Å². The van der Waals surface area contributed by atoms with Crippen LogP contribution in [0.25, 0.3) is 0 Å². The van der Waals surface area contributed by atoms with Crippen molar-refractivity contribution < 1.29 is 14.3 Å². The average molecular weight is 243 g/mol. The molecule has 4 heteroatoms. The molecule has 0 radical (unpaired) electrons. The highest BCUT2D eigenvalue weighted by molar-refractivity contribution is 5.70. The number of carbonyl (C=O) groups is 1. The predicted molar refractivity (Wildman–Crippen MR) is 66.9 cm³/mol. The van der Waals surface area contributed by atoms with E-state index in [0.717, 1.165) is 26.1 Å². The lowest BCUT2D eigenvalue weighted by molar-refractivity contribution is -0.143. The molecule has 1 heterocycles. The fourth-order valence-corrected chi connectivity index (χ4v) is 2.33. The first-order valence-electron chi connectivity index (χ1n) is 6.63. The van der Waals surface area contributed by atoms with Gasteiger partial charge < -0.3 is 14.8 Å². The zero-order valence-corrected chi connectivity index (χ0v) is 11.2. The van der Waals surface area contributed by atoms with Crippen molar-refractivity contribution in [2.24, 2.45) is 5.92 Å². The molecular weight excluding hydrogens is 218 g/mol. The summed E-state index contributed by atoms with van der Waals surface area (Å²) in [6, 6.07) is 0.607. The molecule has 0 bridgehead atoms. The first-order chi connectivity index (χ1) is 8.13. The number of hydrogen-bond acceptors (Lipinski definition) is 4. The number of esters is 1. The smallest absolute Gasteiger partial charge is 0.307 e. The molecule has 0 aromatic rings. The highest BCUT2D eigenvalue weighted by Gasteiger charge is 2.22. The van der Waals surface area contributed by atoms with Gasteiger partial charge in [-0.3, -0.25) is 4.79 Å². The fraction of sp³-hybridized carbons (Fsp3) is 0.923. The van der Waals surface area contributed by atoms with Crippen LogP contribution in [0.1, 0.15) is 40.0 Å². The second-order valence-corrected chi connectivity index (χ2v) is 4.82. The molecule has 1 fully saturated rings. The number of carbonyl (C=O) groups excluding carboxylic acids is 1. The minimum absolute atomic E-state index is 0.119. The van der Waals surface area contributed by atoms with Gasteiger partial charge in [0.05, 0.1) is 13.0 Å². The fourth-order valence-electron chi connectivity index (χ4n) is 2.33. The standard InChI is InChI=1S/C13H25NO3/c1-4-17-13(15)9-10(2)14-11(3)12-5-7-16-8-6-12/h10-12,14H,4-9H2,1-3H3. The van der Waals surface area contributed by atoms with Crippen LogP contribution in [0.5, 0.6) is 0 Å². The Morgan fingerprint density at radius 3 is 2.65 bits per heavy atom. The molecule has 1 N–H and O–H groups in total. The summed E-state index contributed by atoms with van der Waals surface area (Å²) >= 11 is 0. The Bertz CT molecular complexity index is 227. The number of ether oxygens (including phenoxy) is 2. The van der Waals surface area contributed by atoms with E-state index in [2.05, 4.69) is 12.2 Å². The second kappa shape index (κ2) is 7.67. The van der Waals surface area contributed by atoms with Crippen molar-refractivity contribution in [3.63, 3.8) is 0 Å². The predicted octanol–water partition coefficient (Wildman–Crippen LogP) is 1.73. The van der Waals surface area contributed by atoms with Gasteiger partial charge in [0.2, 0.25) is 0 Å². The Kier molecular flexibility index (Phi) is 6.52. The Morgan fingerprint density at radius 1 is 1.41 bits per heavy atom. The molecule has 100 valence electrons. The monoisotopic (exact) mass is 243 g/mol. The molecule has 0 amide bonds. The third kappa shape index (κ3) is 5.50. The van der Waals surface area contributed by atoms with Crippen LogP contribution in [0.3, 0.4) is 0 Å². The summed E-state index contributed by atoms with van der Waals surface area (Å²) in [5.74, 6) is 0.542. The maximum Gasteiger partial charge on any atom is 0.307 e. The summed E-state index contributed by atoms with van der Waals surface area (Å²) in [6.45, 7) is 8.25.